The SMILES string of the molecule is O=C(CSc1nnc(-c2ccc(F)cc2)o1)N1CCN(C/C=C/c2ccccc2)CC1. The summed E-state index contributed by atoms with van der Waals surface area (Å²) in [5.74, 6) is 0.299. The van der Waals surface area contributed by atoms with Crippen molar-refractivity contribution in [2.75, 3.05) is 38.5 Å². The van der Waals surface area contributed by atoms with Crippen molar-refractivity contribution in [2.24, 2.45) is 0 Å². The summed E-state index contributed by atoms with van der Waals surface area (Å²) >= 11 is 1.22. The second kappa shape index (κ2) is 10.4. The highest BCUT2D eigenvalue weighted by molar-refractivity contribution is 7.99. The predicted molar refractivity (Wildman–Crippen MR) is 119 cm³/mol. The number of hydrogen-bond acceptors (Lipinski definition) is 6. The van der Waals surface area contributed by atoms with Crippen LogP contribution < -0.4 is 0 Å². The van der Waals surface area contributed by atoms with Crippen LogP contribution in [0.15, 0.2) is 70.3 Å². The van der Waals surface area contributed by atoms with Crippen molar-refractivity contribution < 1.29 is 13.6 Å². The van der Waals surface area contributed by atoms with E-state index in [4.69, 9.17) is 4.42 Å². The third-order valence-corrected chi connectivity index (χ3v) is 5.82. The Kier molecular flexibility index (Phi) is 7.11. The van der Waals surface area contributed by atoms with E-state index in [1.54, 1.807) is 12.1 Å². The zero-order valence-corrected chi connectivity index (χ0v) is 17.8. The van der Waals surface area contributed by atoms with Gasteiger partial charge in [0.1, 0.15) is 5.82 Å². The van der Waals surface area contributed by atoms with Crippen molar-refractivity contribution >= 4 is 23.7 Å². The van der Waals surface area contributed by atoms with Crippen molar-refractivity contribution in [3.63, 3.8) is 0 Å². The van der Waals surface area contributed by atoms with E-state index in [-0.39, 0.29) is 17.5 Å². The maximum Gasteiger partial charge on any atom is 0.277 e. The van der Waals surface area contributed by atoms with Crippen LogP contribution in [0.5, 0.6) is 0 Å². The first-order chi connectivity index (χ1) is 15.2. The van der Waals surface area contributed by atoms with Gasteiger partial charge in [0.05, 0.1) is 5.75 Å². The van der Waals surface area contributed by atoms with Gasteiger partial charge in [-0.1, -0.05) is 54.2 Å². The molecule has 2 aromatic carbocycles. The molecule has 1 aliphatic heterocycles. The number of halogens is 1. The zero-order valence-electron chi connectivity index (χ0n) is 17.0. The van der Waals surface area contributed by atoms with Gasteiger partial charge < -0.3 is 9.32 Å². The Labute approximate surface area is 184 Å². The number of carbonyl (C=O) groups is 1. The molecule has 0 unspecified atom stereocenters. The highest BCUT2D eigenvalue weighted by Crippen LogP contribution is 2.23. The standard InChI is InChI=1S/C23H23FN4O2S/c24-20-10-8-19(9-11-20)22-25-26-23(30-22)31-17-21(29)28-15-13-27(14-16-28)12-4-7-18-5-2-1-3-6-18/h1-11H,12-17H2/b7-4+. The lowest BCUT2D eigenvalue weighted by atomic mass is 10.2. The smallest absolute Gasteiger partial charge is 0.277 e. The van der Waals surface area contributed by atoms with Gasteiger partial charge >= 0.3 is 0 Å². The van der Waals surface area contributed by atoms with Crippen LogP contribution in [0.1, 0.15) is 5.56 Å². The van der Waals surface area contributed by atoms with Gasteiger partial charge in [-0.15, -0.1) is 10.2 Å². The van der Waals surface area contributed by atoms with Crippen LogP contribution in [0.4, 0.5) is 4.39 Å². The van der Waals surface area contributed by atoms with Crippen molar-refractivity contribution in [2.45, 2.75) is 5.22 Å². The molecule has 2 heterocycles. The minimum atomic E-state index is -0.323. The fraction of sp³-hybridized carbons (Fsp3) is 0.261. The lowest BCUT2D eigenvalue weighted by Gasteiger charge is -2.34. The van der Waals surface area contributed by atoms with E-state index >= 15 is 0 Å². The molecule has 1 saturated heterocycles. The number of thioether (sulfide) groups is 1. The molecule has 0 aliphatic carbocycles. The molecular formula is C23H23FN4O2S. The van der Waals surface area contributed by atoms with Crippen molar-refractivity contribution in [3.8, 4) is 11.5 Å². The van der Waals surface area contributed by atoms with E-state index in [1.165, 1.54) is 29.5 Å². The molecule has 0 atom stereocenters. The van der Waals surface area contributed by atoms with Gasteiger partial charge in [-0.25, -0.2) is 4.39 Å². The third kappa shape index (κ3) is 6.02. The number of aromatic nitrogens is 2. The fourth-order valence-electron chi connectivity index (χ4n) is 3.27. The Morgan fingerprint density at radius 3 is 2.52 bits per heavy atom. The summed E-state index contributed by atoms with van der Waals surface area (Å²) in [6.45, 7) is 4.00. The first-order valence-corrected chi connectivity index (χ1v) is 11.1. The monoisotopic (exact) mass is 438 g/mol. The number of benzene rings is 2. The lowest BCUT2D eigenvalue weighted by Crippen LogP contribution is -2.49. The second-order valence-electron chi connectivity index (χ2n) is 7.16. The summed E-state index contributed by atoms with van der Waals surface area (Å²) in [5, 5.41) is 8.27. The van der Waals surface area contributed by atoms with Crippen LogP contribution in [-0.2, 0) is 4.79 Å². The minimum Gasteiger partial charge on any atom is -0.411 e. The van der Waals surface area contributed by atoms with Gasteiger partial charge in [-0.3, -0.25) is 9.69 Å². The third-order valence-electron chi connectivity index (χ3n) is 5.02. The molecule has 160 valence electrons. The maximum absolute atomic E-state index is 13.0. The quantitative estimate of drug-likeness (QED) is 0.523. The summed E-state index contributed by atoms with van der Waals surface area (Å²) in [7, 11) is 0. The van der Waals surface area contributed by atoms with Gasteiger partial charge in [0.25, 0.3) is 5.22 Å². The van der Waals surface area contributed by atoms with Gasteiger partial charge in [0.2, 0.25) is 11.8 Å². The Morgan fingerprint density at radius 1 is 1.03 bits per heavy atom. The molecule has 0 radical (unpaired) electrons. The second-order valence-corrected chi connectivity index (χ2v) is 8.09. The topological polar surface area (TPSA) is 62.5 Å². The molecule has 1 fully saturated rings. The van der Waals surface area contributed by atoms with Crippen LogP contribution in [0.3, 0.4) is 0 Å². The number of carbonyl (C=O) groups excluding carboxylic acids is 1. The molecule has 0 spiro atoms. The fourth-order valence-corrected chi connectivity index (χ4v) is 3.94. The van der Waals surface area contributed by atoms with Crippen LogP contribution in [0.2, 0.25) is 0 Å². The summed E-state index contributed by atoms with van der Waals surface area (Å²) in [4.78, 5) is 16.7. The van der Waals surface area contributed by atoms with Gasteiger partial charge in [0, 0.05) is 38.3 Å². The number of hydrogen-bond donors (Lipinski definition) is 0. The van der Waals surface area contributed by atoms with E-state index in [0.717, 1.165) is 19.6 Å². The van der Waals surface area contributed by atoms with Crippen LogP contribution >= 0.6 is 11.8 Å². The summed E-state index contributed by atoms with van der Waals surface area (Å²) in [6.07, 6.45) is 4.29. The van der Waals surface area contributed by atoms with Crippen molar-refractivity contribution in [1.29, 1.82) is 0 Å². The van der Waals surface area contributed by atoms with Crippen LogP contribution in [-0.4, -0.2) is 64.4 Å². The predicted octanol–water partition coefficient (Wildman–Crippen LogP) is 3.83. The highest BCUT2D eigenvalue weighted by atomic mass is 32.2. The van der Waals surface area contributed by atoms with E-state index in [0.29, 0.717) is 29.8 Å². The van der Waals surface area contributed by atoms with E-state index in [2.05, 4.69) is 39.4 Å². The average Bonchev–Trinajstić information content (AvgIpc) is 3.28. The molecule has 0 bridgehead atoms. The van der Waals surface area contributed by atoms with Crippen molar-refractivity contribution in [1.82, 2.24) is 20.0 Å². The number of nitrogens with zero attached hydrogens (tertiary/aromatic N) is 4. The Bertz CT molecular complexity index is 1020. The summed E-state index contributed by atoms with van der Waals surface area (Å²) in [5.41, 5.74) is 1.83. The minimum absolute atomic E-state index is 0.0611. The van der Waals surface area contributed by atoms with E-state index < -0.39 is 0 Å². The number of rotatable bonds is 7. The van der Waals surface area contributed by atoms with Gasteiger partial charge in [0.15, 0.2) is 0 Å². The first-order valence-electron chi connectivity index (χ1n) is 10.1. The Hall–Kier alpha value is -2.97. The normalized spacial score (nSPS) is 14.9. The largest absolute Gasteiger partial charge is 0.411 e. The molecule has 1 amide bonds. The molecule has 6 nitrogen and oxygen atoms in total. The van der Waals surface area contributed by atoms with Gasteiger partial charge in [-0.05, 0) is 29.8 Å². The molecule has 31 heavy (non-hydrogen) atoms. The molecule has 4 rings (SSSR count). The highest BCUT2D eigenvalue weighted by Gasteiger charge is 2.21. The Balaban J connectivity index is 1.20. The first kappa shape index (κ1) is 21.3. The van der Waals surface area contributed by atoms with E-state index in [1.807, 2.05) is 23.1 Å². The molecule has 0 saturated carbocycles. The molecule has 0 N–H and O–H groups in total. The summed E-state index contributed by atoms with van der Waals surface area (Å²) in [6, 6.07) is 16.1. The Morgan fingerprint density at radius 2 is 1.77 bits per heavy atom. The molecule has 8 heteroatoms. The maximum atomic E-state index is 13.0. The van der Waals surface area contributed by atoms with Crippen LogP contribution in [0.25, 0.3) is 17.5 Å². The summed E-state index contributed by atoms with van der Waals surface area (Å²) < 4.78 is 18.6. The number of amides is 1. The van der Waals surface area contributed by atoms with Crippen LogP contribution in [0, 0.1) is 5.82 Å². The van der Waals surface area contributed by atoms with Gasteiger partial charge in [-0.2, -0.15) is 0 Å². The van der Waals surface area contributed by atoms with Crippen molar-refractivity contribution in [3.05, 3.63) is 72.1 Å². The molecule has 1 aromatic heterocycles. The van der Waals surface area contributed by atoms with E-state index in [9.17, 15) is 9.18 Å². The molecule has 3 aromatic rings. The average molecular weight is 439 g/mol. The number of piperazine rings is 1. The molecular weight excluding hydrogens is 415 g/mol. The molecule has 1 aliphatic rings. The lowest BCUT2D eigenvalue weighted by molar-refractivity contribution is -0.130. The zero-order chi connectivity index (χ0) is 21.5.